The highest BCUT2D eigenvalue weighted by atomic mass is 32.2. The largest absolute Gasteiger partial charge is 0.497 e. The van der Waals surface area contributed by atoms with E-state index in [9.17, 15) is 9.59 Å². The number of carbonyl (C=O) groups excluding carboxylic acids is 2. The third-order valence-electron chi connectivity index (χ3n) is 5.82. The van der Waals surface area contributed by atoms with Crippen LogP contribution in [0.2, 0.25) is 0 Å². The third-order valence-corrected chi connectivity index (χ3v) is 7.53. The van der Waals surface area contributed by atoms with E-state index in [1.54, 1.807) is 24.1 Å². The molecular formula is C26H25NO5S. The molecule has 0 spiro atoms. The Hall–Kier alpha value is -3.45. The number of esters is 2. The van der Waals surface area contributed by atoms with Gasteiger partial charge in [0.15, 0.2) is 11.4 Å². The van der Waals surface area contributed by atoms with E-state index in [4.69, 9.17) is 14.2 Å². The van der Waals surface area contributed by atoms with Crippen LogP contribution in [0.4, 0.5) is 5.69 Å². The Morgan fingerprint density at radius 2 is 1.27 bits per heavy atom. The number of carbonyl (C=O) groups is 2. The minimum absolute atomic E-state index is 0.446. The van der Waals surface area contributed by atoms with Crippen LogP contribution in [0, 0.1) is 0 Å². The lowest BCUT2D eigenvalue weighted by molar-refractivity contribution is -0.143. The predicted octanol–water partition coefficient (Wildman–Crippen LogP) is 4.23. The van der Waals surface area contributed by atoms with Crippen molar-refractivity contribution < 1.29 is 23.8 Å². The van der Waals surface area contributed by atoms with Crippen LogP contribution in [0.1, 0.15) is 11.1 Å². The fourth-order valence-electron chi connectivity index (χ4n) is 4.31. The quantitative estimate of drug-likeness (QED) is 0.507. The molecule has 0 saturated carbocycles. The Kier molecular flexibility index (Phi) is 6.60. The number of ether oxygens (including phenoxy) is 3. The van der Waals surface area contributed by atoms with E-state index in [2.05, 4.69) is 0 Å². The van der Waals surface area contributed by atoms with Crippen molar-refractivity contribution >= 4 is 29.4 Å². The van der Waals surface area contributed by atoms with E-state index in [1.165, 1.54) is 26.0 Å². The van der Waals surface area contributed by atoms with Crippen molar-refractivity contribution in [1.29, 1.82) is 0 Å². The normalized spacial score (nSPS) is 19.1. The summed E-state index contributed by atoms with van der Waals surface area (Å²) in [4.78, 5) is 28.3. The number of anilines is 1. The summed E-state index contributed by atoms with van der Waals surface area (Å²) in [6.45, 7) is 0. The molecule has 1 fully saturated rings. The van der Waals surface area contributed by atoms with Gasteiger partial charge in [0.25, 0.3) is 0 Å². The summed E-state index contributed by atoms with van der Waals surface area (Å²) in [6, 6.07) is 25.9. The number of rotatable bonds is 6. The second kappa shape index (κ2) is 9.58. The molecule has 1 saturated heterocycles. The van der Waals surface area contributed by atoms with Gasteiger partial charge in [-0.15, -0.1) is 11.8 Å². The predicted molar refractivity (Wildman–Crippen MR) is 128 cm³/mol. The molecule has 33 heavy (non-hydrogen) atoms. The Morgan fingerprint density at radius 3 is 1.73 bits per heavy atom. The average molecular weight is 464 g/mol. The molecule has 0 bridgehead atoms. The molecule has 1 aliphatic rings. The van der Waals surface area contributed by atoms with Gasteiger partial charge in [-0.05, 0) is 35.4 Å². The first-order valence-electron chi connectivity index (χ1n) is 10.4. The fraction of sp³-hybridized carbons (Fsp3) is 0.231. The molecule has 2 atom stereocenters. The van der Waals surface area contributed by atoms with Crippen LogP contribution < -0.4 is 9.64 Å². The number of nitrogens with zero attached hydrogens (tertiary/aromatic N) is 1. The molecule has 3 aromatic rings. The maximum Gasteiger partial charge on any atom is 0.339 e. The van der Waals surface area contributed by atoms with E-state index in [1.807, 2.05) is 72.8 Å². The molecule has 0 aromatic heterocycles. The van der Waals surface area contributed by atoms with Crippen LogP contribution >= 0.6 is 11.8 Å². The minimum atomic E-state index is -0.922. The van der Waals surface area contributed by atoms with Crippen molar-refractivity contribution in [2.45, 2.75) is 16.2 Å². The molecule has 0 radical (unpaired) electrons. The lowest BCUT2D eigenvalue weighted by Crippen LogP contribution is -2.51. The lowest BCUT2D eigenvalue weighted by Gasteiger charge is -2.37. The van der Waals surface area contributed by atoms with Gasteiger partial charge in [-0.3, -0.25) is 0 Å². The summed E-state index contributed by atoms with van der Waals surface area (Å²) in [5.41, 5.74) is 2.46. The van der Waals surface area contributed by atoms with Gasteiger partial charge >= 0.3 is 11.9 Å². The zero-order valence-corrected chi connectivity index (χ0v) is 19.5. The van der Waals surface area contributed by atoms with Crippen LogP contribution in [0.15, 0.2) is 84.9 Å². The van der Waals surface area contributed by atoms with Crippen LogP contribution in [0.3, 0.4) is 0 Å². The summed E-state index contributed by atoms with van der Waals surface area (Å²) in [6.07, 6.45) is 0. The summed E-state index contributed by atoms with van der Waals surface area (Å²) in [5, 5.41) is -0.784. The Morgan fingerprint density at radius 1 is 0.758 bits per heavy atom. The van der Waals surface area contributed by atoms with Gasteiger partial charge in [0, 0.05) is 5.69 Å². The topological polar surface area (TPSA) is 65.1 Å². The van der Waals surface area contributed by atoms with Crippen molar-refractivity contribution in [3.8, 4) is 5.75 Å². The standard InChI is InChI=1S/C26H25NO5S/c1-30-21-16-14-20(15-17-21)27-22(24(28)31-2)26(18-10-6-4-7-11-18,19-12-8-5-9-13-19)33-23(27)25(29)32-3/h4-17,22-23H,1-3H3/t22-,23+/m1/s1. The van der Waals surface area contributed by atoms with Crippen LogP contribution in [-0.2, 0) is 23.8 Å². The summed E-state index contributed by atoms with van der Waals surface area (Å²) in [7, 11) is 4.31. The van der Waals surface area contributed by atoms with Crippen molar-refractivity contribution in [3.63, 3.8) is 0 Å². The van der Waals surface area contributed by atoms with Gasteiger partial charge in [0.05, 0.1) is 26.1 Å². The van der Waals surface area contributed by atoms with Gasteiger partial charge in [0.1, 0.15) is 5.75 Å². The second-order valence-corrected chi connectivity index (χ2v) is 8.82. The zero-order chi connectivity index (χ0) is 23.4. The molecule has 7 heteroatoms. The SMILES string of the molecule is COC(=O)[C@@H]1SC(c2ccccc2)(c2ccccc2)[C@@H](C(=O)OC)N1c1ccc(OC)cc1. The zero-order valence-electron chi connectivity index (χ0n) is 18.6. The molecule has 0 unspecified atom stereocenters. The molecular weight excluding hydrogens is 438 g/mol. The molecule has 6 nitrogen and oxygen atoms in total. The lowest BCUT2D eigenvalue weighted by atomic mass is 9.83. The monoisotopic (exact) mass is 463 g/mol. The highest BCUT2D eigenvalue weighted by Gasteiger charge is 2.61. The number of hydrogen-bond acceptors (Lipinski definition) is 7. The van der Waals surface area contributed by atoms with E-state index in [0.717, 1.165) is 11.1 Å². The number of thioether (sulfide) groups is 1. The highest BCUT2D eigenvalue weighted by molar-refractivity contribution is 8.02. The molecule has 0 amide bonds. The third kappa shape index (κ3) is 3.93. The van der Waals surface area contributed by atoms with E-state index < -0.39 is 28.1 Å². The first kappa shape index (κ1) is 22.7. The highest BCUT2D eigenvalue weighted by Crippen LogP contribution is 2.57. The fourth-order valence-corrected chi connectivity index (χ4v) is 6.10. The molecule has 1 aliphatic heterocycles. The second-order valence-electron chi connectivity index (χ2n) is 7.49. The summed E-state index contributed by atoms with van der Waals surface area (Å²) in [5.74, 6) is -0.219. The summed E-state index contributed by atoms with van der Waals surface area (Å²) < 4.78 is 14.9. The maximum absolute atomic E-state index is 13.5. The molecule has 4 rings (SSSR count). The minimum Gasteiger partial charge on any atom is -0.497 e. The Balaban J connectivity index is 2.00. The van der Waals surface area contributed by atoms with Gasteiger partial charge in [-0.25, -0.2) is 9.59 Å². The average Bonchev–Trinajstić information content (AvgIpc) is 3.26. The number of hydrogen-bond donors (Lipinski definition) is 0. The molecule has 0 N–H and O–H groups in total. The molecule has 3 aromatic carbocycles. The maximum atomic E-state index is 13.5. The van der Waals surface area contributed by atoms with Crippen LogP contribution in [0.5, 0.6) is 5.75 Å². The Bertz CT molecular complexity index is 1070. The molecule has 1 heterocycles. The van der Waals surface area contributed by atoms with Gasteiger partial charge in [-0.2, -0.15) is 0 Å². The molecule has 170 valence electrons. The van der Waals surface area contributed by atoms with Gasteiger partial charge < -0.3 is 19.1 Å². The van der Waals surface area contributed by atoms with Crippen molar-refractivity contribution in [2.24, 2.45) is 0 Å². The van der Waals surface area contributed by atoms with Crippen molar-refractivity contribution in [2.75, 3.05) is 26.2 Å². The van der Waals surface area contributed by atoms with Crippen LogP contribution in [0.25, 0.3) is 0 Å². The van der Waals surface area contributed by atoms with Crippen molar-refractivity contribution in [1.82, 2.24) is 0 Å². The number of benzene rings is 3. The first-order valence-corrected chi connectivity index (χ1v) is 11.3. The van der Waals surface area contributed by atoms with Crippen molar-refractivity contribution in [3.05, 3.63) is 96.1 Å². The van der Waals surface area contributed by atoms with Gasteiger partial charge in [-0.1, -0.05) is 60.7 Å². The molecule has 0 aliphatic carbocycles. The van der Waals surface area contributed by atoms with E-state index >= 15 is 0 Å². The van der Waals surface area contributed by atoms with E-state index in [0.29, 0.717) is 11.4 Å². The number of methoxy groups -OCH3 is 3. The summed E-state index contributed by atoms with van der Waals surface area (Å²) >= 11 is 1.38. The Labute approximate surface area is 197 Å². The first-order chi connectivity index (χ1) is 16.1. The van der Waals surface area contributed by atoms with E-state index in [-0.39, 0.29) is 0 Å². The smallest absolute Gasteiger partial charge is 0.339 e. The van der Waals surface area contributed by atoms with Crippen LogP contribution in [-0.4, -0.2) is 44.7 Å². The van der Waals surface area contributed by atoms with Gasteiger partial charge in [0.2, 0.25) is 0 Å².